The molecule has 1 atom stereocenters. The lowest BCUT2D eigenvalue weighted by Crippen LogP contribution is -2.32. The van der Waals surface area contributed by atoms with E-state index in [4.69, 9.17) is 4.42 Å². The first-order valence-corrected chi connectivity index (χ1v) is 7.62. The van der Waals surface area contributed by atoms with Crippen LogP contribution in [0, 0.1) is 5.92 Å². The van der Waals surface area contributed by atoms with Crippen molar-refractivity contribution in [3.05, 3.63) is 54.0 Å². The van der Waals surface area contributed by atoms with Gasteiger partial charge in [0.1, 0.15) is 5.76 Å². The Morgan fingerprint density at radius 2 is 2.08 bits per heavy atom. The van der Waals surface area contributed by atoms with Gasteiger partial charge in [-0.1, -0.05) is 6.07 Å². The van der Waals surface area contributed by atoms with Crippen LogP contribution in [0.15, 0.2) is 47.1 Å². The van der Waals surface area contributed by atoms with Crippen molar-refractivity contribution >= 4 is 17.5 Å². The van der Waals surface area contributed by atoms with Gasteiger partial charge in [-0.15, -0.1) is 0 Å². The minimum absolute atomic E-state index is 0.0414. The predicted molar refractivity (Wildman–Crippen MR) is 82.5 cm³/mol. The summed E-state index contributed by atoms with van der Waals surface area (Å²) in [5, 5.41) is 2.66. The molecule has 0 radical (unpaired) electrons. The van der Waals surface area contributed by atoms with Gasteiger partial charge in [0.05, 0.1) is 24.3 Å². The second-order valence-electron chi connectivity index (χ2n) is 5.75. The molecule has 1 aromatic carbocycles. The van der Waals surface area contributed by atoms with Gasteiger partial charge in [-0.25, -0.2) is 0 Å². The molecule has 0 saturated carbocycles. The van der Waals surface area contributed by atoms with Crippen molar-refractivity contribution in [3.8, 4) is 0 Å². The molecule has 1 N–H and O–H groups in total. The van der Waals surface area contributed by atoms with E-state index in [2.05, 4.69) is 5.32 Å². The van der Waals surface area contributed by atoms with Crippen LogP contribution in [0.4, 0.5) is 18.9 Å². The fraction of sp³-hybridized carbons (Fsp3) is 0.294. The summed E-state index contributed by atoms with van der Waals surface area (Å²) in [5.74, 6) is -0.749. The van der Waals surface area contributed by atoms with E-state index in [1.54, 1.807) is 12.1 Å². The zero-order valence-corrected chi connectivity index (χ0v) is 13.0. The monoisotopic (exact) mass is 352 g/mol. The molecule has 0 unspecified atom stereocenters. The summed E-state index contributed by atoms with van der Waals surface area (Å²) in [6, 6.07) is 7.93. The summed E-state index contributed by atoms with van der Waals surface area (Å²) in [6.45, 7) is 0.240. The minimum atomic E-state index is -4.49. The Kier molecular flexibility index (Phi) is 4.52. The number of alkyl halides is 3. The number of amides is 2. The second-order valence-corrected chi connectivity index (χ2v) is 5.75. The van der Waals surface area contributed by atoms with E-state index in [0.717, 1.165) is 12.1 Å². The molecule has 0 aliphatic carbocycles. The van der Waals surface area contributed by atoms with E-state index in [9.17, 15) is 22.8 Å². The Balaban J connectivity index is 1.67. The molecule has 0 bridgehead atoms. The van der Waals surface area contributed by atoms with Crippen molar-refractivity contribution in [1.29, 1.82) is 0 Å². The predicted octanol–water partition coefficient (Wildman–Crippen LogP) is 2.97. The van der Waals surface area contributed by atoms with Crippen molar-refractivity contribution in [2.45, 2.75) is 19.1 Å². The first-order chi connectivity index (χ1) is 11.8. The number of rotatable bonds is 4. The van der Waals surface area contributed by atoms with Gasteiger partial charge in [-0.3, -0.25) is 9.59 Å². The molecular weight excluding hydrogens is 337 g/mol. The fourth-order valence-corrected chi connectivity index (χ4v) is 2.71. The molecule has 1 aliphatic heterocycles. The highest BCUT2D eigenvalue weighted by Crippen LogP contribution is 2.33. The highest BCUT2D eigenvalue weighted by Gasteiger charge is 2.36. The number of benzene rings is 1. The van der Waals surface area contributed by atoms with Crippen LogP contribution in [0.1, 0.15) is 17.7 Å². The Morgan fingerprint density at radius 1 is 1.28 bits per heavy atom. The Morgan fingerprint density at radius 3 is 2.76 bits per heavy atom. The van der Waals surface area contributed by atoms with Gasteiger partial charge >= 0.3 is 6.18 Å². The molecule has 25 heavy (non-hydrogen) atoms. The van der Waals surface area contributed by atoms with E-state index in [1.165, 1.54) is 23.3 Å². The van der Waals surface area contributed by atoms with E-state index in [0.29, 0.717) is 5.76 Å². The molecule has 1 saturated heterocycles. The Hall–Kier alpha value is -2.77. The van der Waals surface area contributed by atoms with Gasteiger partial charge in [0, 0.05) is 18.7 Å². The summed E-state index contributed by atoms with van der Waals surface area (Å²) in [6.07, 6.45) is -3.05. The third-order valence-electron chi connectivity index (χ3n) is 4.00. The molecule has 0 spiro atoms. The molecule has 1 aromatic heterocycles. The minimum Gasteiger partial charge on any atom is -0.467 e. The number of halogens is 3. The largest absolute Gasteiger partial charge is 0.467 e. The van der Waals surface area contributed by atoms with Crippen molar-refractivity contribution in [2.24, 2.45) is 5.92 Å². The first-order valence-electron chi connectivity index (χ1n) is 7.62. The first kappa shape index (κ1) is 17.1. The van der Waals surface area contributed by atoms with Crippen LogP contribution in [0.3, 0.4) is 0 Å². The normalized spacial score (nSPS) is 17.8. The Labute approximate surface area is 141 Å². The van der Waals surface area contributed by atoms with E-state index in [1.807, 2.05) is 0 Å². The van der Waals surface area contributed by atoms with Gasteiger partial charge in [-0.05, 0) is 30.3 Å². The van der Waals surface area contributed by atoms with Crippen LogP contribution < -0.4 is 10.2 Å². The summed E-state index contributed by atoms with van der Waals surface area (Å²) in [5.41, 5.74) is -0.690. The molecule has 132 valence electrons. The van der Waals surface area contributed by atoms with Gasteiger partial charge < -0.3 is 14.6 Å². The highest BCUT2D eigenvalue weighted by atomic mass is 19.4. The number of nitrogens with one attached hydrogen (secondary N) is 1. The molecule has 5 nitrogen and oxygen atoms in total. The van der Waals surface area contributed by atoms with Crippen molar-refractivity contribution < 1.29 is 27.2 Å². The smallest absolute Gasteiger partial charge is 0.416 e. The lowest BCUT2D eigenvalue weighted by atomic mass is 10.1. The molecule has 2 heterocycles. The summed E-state index contributed by atoms with van der Waals surface area (Å²) in [7, 11) is 0. The summed E-state index contributed by atoms with van der Waals surface area (Å²) in [4.78, 5) is 25.5. The molecule has 8 heteroatoms. The second kappa shape index (κ2) is 6.62. The van der Waals surface area contributed by atoms with E-state index >= 15 is 0 Å². The van der Waals surface area contributed by atoms with Gasteiger partial charge in [-0.2, -0.15) is 13.2 Å². The zero-order chi connectivity index (χ0) is 18.0. The number of hydrogen-bond donors (Lipinski definition) is 1. The fourth-order valence-electron chi connectivity index (χ4n) is 2.71. The van der Waals surface area contributed by atoms with Gasteiger partial charge in [0.25, 0.3) is 0 Å². The molecule has 2 amide bonds. The zero-order valence-electron chi connectivity index (χ0n) is 13.0. The van der Waals surface area contributed by atoms with Gasteiger partial charge in [0.15, 0.2) is 0 Å². The lowest BCUT2D eigenvalue weighted by Gasteiger charge is -2.18. The quantitative estimate of drug-likeness (QED) is 0.920. The topological polar surface area (TPSA) is 62.6 Å². The van der Waals surface area contributed by atoms with Crippen molar-refractivity contribution in [1.82, 2.24) is 5.32 Å². The average molecular weight is 352 g/mol. The van der Waals surface area contributed by atoms with Crippen LogP contribution in [0.2, 0.25) is 0 Å². The maximum Gasteiger partial charge on any atom is 0.416 e. The number of carbonyl (C=O) groups is 2. The standard InChI is InChI=1S/C17H15F3N2O3/c18-17(19,20)12-3-1-4-13(8-12)22-10-11(7-15(22)23)16(24)21-9-14-5-2-6-25-14/h1-6,8,11H,7,9-10H2,(H,21,24)/t11-/m1/s1. The van der Waals surface area contributed by atoms with Crippen LogP contribution in [0.5, 0.6) is 0 Å². The lowest BCUT2D eigenvalue weighted by molar-refractivity contribution is -0.137. The SMILES string of the molecule is O=C(NCc1ccco1)[C@@H]1CC(=O)N(c2cccc(C(F)(F)F)c2)C1. The highest BCUT2D eigenvalue weighted by molar-refractivity contribution is 6.00. The van der Waals surface area contributed by atoms with Crippen LogP contribution >= 0.6 is 0 Å². The third-order valence-corrected chi connectivity index (χ3v) is 4.00. The molecule has 1 aliphatic rings. The molecule has 1 fully saturated rings. The van der Waals surface area contributed by atoms with E-state index < -0.39 is 17.7 Å². The maximum absolute atomic E-state index is 12.8. The average Bonchev–Trinajstić information content (AvgIpc) is 3.21. The van der Waals surface area contributed by atoms with Crippen LogP contribution in [-0.2, 0) is 22.3 Å². The van der Waals surface area contributed by atoms with Crippen molar-refractivity contribution in [3.63, 3.8) is 0 Å². The number of furan rings is 1. The Bertz CT molecular complexity index is 772. The maximum atomic E-state index is 12.8. The molecular formula is C17H15F3N2O3. The number of nitrogens with zero attached hydrogens (tertiary/aromatic N) is 1. The number of carbonyl (C=O) groups excluding carboxylic acids is 2. The van der Waals surface area contributed by atoms with Gasteiger partial charge in [0.2, 0.25) is 11.8 Å². The third kappa shape index (κ3) is 3.84. The van der Waals surface area contributed by atoms with E-state index in [-0.39, 0.29) is 37.0 Å². The van der Waals surface area contributed by atoms with Crippen LogP contribution in [0.25, 0.3) is 0 Å². The molecule has 2 aromatic rings. The number of anilines is 1. The number of hydrogen-bond acceptors (Lipinski definition) is 3. The summed E-state index contributed by atoms with van der Waals surface area (Å²) < 4.78 is 43.6. The molecule has 3 rings (SSSR count). The summed E-state index contributed by atoms with van der Waals surface area (Å²) >= 11 is 0. The van der Waals surface area contributed by atoms with Crippen LogP contribution in [-0.4, -0.2) is 18.4 Å². The van der Waals surface area contributed by atoms with Crippen molar-refractivity contribution in [2.75, 3.05) is 11.4 Å².